The van der Waals surface area contributed by atoms with Crippen molar-refractivity contribution in [3.63, 3.8) is 0 Å². The van der Waals surface area contributed by atoms with Gasteiger partial charge in [-0.05, 0) is 95.7 Å². The van der Waals surface area contributed by atoms with Crippen molar-refractivity contribution in [3.05, 3.63) is 138 Å². The van der Waals surface area contributed by atoms with Crippen molar-refractivity contribution in [1.82, 2.24) is 87.7 Å². The Morgan fingerprint density at radius 1 is 0.563 bits per heavy atom. The van der Waals surface area contributed by atoms with Crippen LogP contribution in [0, 0.1) is 11.8 Å². The minimum Gasteiger partial charge on any atom is -0.480 e. The van der Waals surface area contributed by atoms with Crippen molar-refractivity contribution >= 4 is 123 Å². The van der Waals surface area contributed by atoms with Crippen molar-refractivity contribution in [3.8, 4) is 0 Å². The Hall–Kier alpha value is -11.7. The molecule has 1 fully saturated rings. The van der Waals surface area contributed by atoms with Crippen LogP contribution in [0.5, 0.6) is 0 Å². The number of para-hydroxylation sites is 1. The van der Waals surface area contributed by atoms with Gasteiger partial charge in [0.15, 0.2) is 0 Å². The fraction of sp³-hybridized carbons (Fsp3) is 0.481. The maximum absolute atomic E-state index is 15.2. The fourth-order valence-electron chi connectivity index (χ4n) is 13.6. The lowest BCUT2D eigenvalue weighted by atomic mass is 9.90. The standard InChI is InChI=1S/C81H111N19O18S/c1-49(2)34-63(76(114)91-61(73(83)111)24-33-119-6)94-78(116)65(36-57-40-84-48-89-57)90-67(103)41-87-80(118)72(50(3)4)95-74(112)51(5)88-46-81(47-101,37-56-39-85-60-17-10-9-16-59(56)60)96-79(117)62(22-23-66(82)102)92-77(115)64(35-55-14-11-13-53-12-7-8-15-58(53)55)93-75(113)54-20-18-52(19-21-54)38-86-68(104)42-97-25-27-98(43-69(105)106)29-31-100(45-71(109)110)32-30-99(28-26-97)44-70(107)108/h7-21,39-40,47-51,61-65,72,85,88H,22-38,41-46H2,1-6H3,(H2,82,102)(H2,83,111)(H,84,89)(H,86,104)(H,87,118)(H,90,103)(H,91,114)(H,92,115)(H,93,113)(H,94,116)(H,95,112)(H,96,117)(H,105,106)(H,107,108)(H,109,110)/t51?,61-,62?,63-,64-,65-,72-,81+/m0/s1. The second-order valence-corrected chi connectivity index (χ2v) is 31.4. The Morgan fingerprint density at radius 2 is 1.13 bits per heavy atom. The Labute approximate surface area is 692 Å². The van der Waals surface area contributed by atoms with Crippen LogP contribution in [0.1, 0.15) is 93.0 Å². The molecule has 6 aromatic rings. The van der Waals surface area contributed by atoms with E-state index >= 15 is 9.59 Å². The number of rotatable bonds is 46. The maximum atomic E-state index is 15.2. The van der Waals surface area contributed by atoms with Crippen LogP contribution in [0.25, 0.3) is 21.7 Å². The number of carbonyl (C=O) groups is 15. The van der Waals surface area contributed by atoms with E-state index < -0.39 is 163 Å². The van der Waals surface area contributed by atoms with E-state index in [-0.39, 0.29) is 129 Å². The van der Waals surface area contributed by atoms with E-state index in [0.717, 1.165) is 10.8 Å². The molecule has 0 aliphatic carbocycles. The summed E-state index contributed by atoms with van der Waals surface area (Å²) < 4.78 is 0. The SMILES string of the molecule is CSCC[C@H](NC(=O)[C@H](CC(C)C)NC(=O)[C@H](Cc1cnc[nH]1)NC(=O)CNC(=O)[C@@H](NC(=O)C(C)NC[C@@](C=O)(Cc1c[nH]c2ccccc12)NC(=O)C(CCC(N)=O)NC(=O)[C@H](Cc1cccc2ccccc12)NC(=O)c1ccc(CNC(=O)CN2CCN(CC(=O)O)CCN(CC(=O)O)CCN(CC(=O)O)CC2)cc1)C(C)C)C(N)=O. The smallest absolute Gasteiger partial charge is 0.317 e. The summed E-state index contributed by atoms with van der Waals surface area (Å²) in [5.74, 6) is -11.9. The van der Waals surface area contributed by atoms with Gasteiger partial charge in [-0.2, -0.15) is 11.8 Å². The molecule has 0 spiro atoms. The molecule has 1 aliphatic heterocycles. The number of carboxylic acids is 3. The van der Waals surface area contributed by atoms with E-state index in [1.54, 1.807) is 94.2 Å². The van der Waals surface area contributed by atoms with E-state index in [9.17, 15) is 77.6 Å². The van der Waals surface area contributed by atoms with Gasteiger partial charge in [-0.15, -0.1) is 0 Å². The number of amides is 11. The summed E-state index contributed by atoms with van der Waals surface area (Å²) in [5, 5.41) is 58.6. The zero-order chi connectivity index (χ0) is 86.9. The molecule has 0 saturated carbocycles. The first kappa shape index (κ1) is 94.4. The first-order valence-corrected chi connectivity index (χ1v) is 40.7. The van der Waals surface area contributed by atoms with Gasteiger partial charge in [0.05, 0.1) is 45.1 Å². The summed E-state index contributed by atoms with van der Waals surface area (Å²) in [7, 11) is 0. The molecule has 1 saturated heterocycles. The second kappa shape index (κ2) is 47.0. The highest BCUT2D eigenvalue weighted by Gasteiger charge is 2.39. The molecule has 1 aliphatic rings. The number of H-pyrrole nitrogens is 2. The highest BCUT2D eigenvalue weighted by molar-refractivity contribution is 7.98. The number of aliphatic carboxylic acids is 3. The Morgan fingerprint density at radius 3 is 1.69 bits per heavy atom. The van der Waals surface area contributed by atoms with Gasteiger partial charge in [0.1, 0.15) is 48.1 Å². The number of carboxylic acid groups (broad SMARTS) is 3. The van der Waals surface area contributed by atoms with Gasteiger partial charge in [-0.25, -0.2) is 4.98 Å². The topological polar surface area (TPSA) is 547 Å². The number of fused-ring (bicyclic) bond motifs is 2. The van der Waals surface area contributed by atoms with Gasteiger partial charge in [-0.1, -0.05) is 100 Å². The number of nitrogens with two attached hydrogens (primary N) is 2. The first-order chi connectivity index (χ1) is 56.7. The van der Waals surface area contributed by atoms with Crippen molar-refractivity contribution in [1.29, 1.82) is 0 Å². The lowest BCUT2D eigenvalue weighted by Gasteiger charge is -2.33. The minimum absolute atomic E-state index is 0.00902. The van der Waals surface area contributed by atoms with Crippen molar-refractivity contribution in [2.24, 2.45) is 23.3 Å². The Bertz CT molecular complexity index is 4450. The number of thioether (sulfide) groups is 1. The monoisotopic (exact) mass is 1670 g/mol. The van der Waals surface area contributed by atoms with Crippen LogP contribution in [0.15, 0.2) is 110 Å². The predicted octanol–water partition coefficient (Wildman–Crippen LogP) is -1.26. The van der Waals surface area contributed by atoms with Gasteiger partial charge < -0.3 is 94.7 Å². The third-order valence-corrected chi connectivity index (χ3v) is 20.8. The number of hydrogen-bond acceptors (Lipinski definition) is 22. The molecule has 37 nitrogen and oxygen atoms in total. The zero-order valence-corrected chi connectivity index (χ0v) is 68.5. The van der Waals surface area contributed by atoms with Crippen LogP contribution in [0.4, 0.5) is 0 Å². The van der Waals surface area contributed by atoms with Crippen molar-refractivity contribution < 1.29 is 87.2 Å². The lowest BCUT2D eigenvalue weighted by molar-refractivity contribution is -0.140. The number of aromatic nitrogens is 3. The van der Waals surface area contributed by atoms with Crippen LogP contribution >= 0.6 is 11.8 Å². The molecule has 11 amide bonds. The summed E-state index contributed by atoms with van der Waals surface area (Å²) in [4.78, 5) is 219. The molecule has 2 unspecified atom stereocenters. The van der Waals surface area contributed by atoms with Crippen molar-refractivity contribution in [2.75, 3.05) is 104 Å². The van der Waals surface area contributed by atoms with Crippen LogP contribution in [-0.2, 0) is 92.9 Å². The summed E-state index contributed by atoms with van der Waals surface area (Å²) >= 11 is 1.45. The number of hydrogen-bond donors (Lipinski definition) is 17. The molecular formula is C81H111N19O18S. The molecule has 7 rings (SSSR count). The summed E-state index contributed by atoms with van der Waals surface area (Å²) in [5.41, 5.74) is 12.2. The van der Waals surface area contributed by atoms with Crippen LogP contribution in [0.2, 0.25) is 0 Å². The van der Waals surface area contributed by atoms with Gasteiger partial charge in [-0.3, -0.25) is 86.7 Å². The molecule has 644 valence electrons. The number of aldehydes is 1. The average Bonchev–Trinajstić information content (AvgIpc) is 1.73. The van der Waals surface area contributed by atoms with Gasteiger partial charge >= 0.3 is 17.9 Å². The Kier molecular flexibility index (Phi) is 37.3. The number of imidazole rings is 1. The molecule has 0 radical (unpaired) electrons. The molecule has 0 bridgehead atoms. The van der Waals surface area contributed by atoms with Gasteiger partial charge in [0, 0.05) is 126 Å². The number of nitrogens with zero attached hydrogens (tertiary/aromatic N) is 5. The first-order valence-electron chi connectivity index (χ1n) is 39.3. The molecule has 3 heterocycles. The van der Waals surface area contributed by atoms with Crippen LogP contribution in [0.3, 0.4) is 0 Å². The molecule has 119 heavy (non-hydrogen) atoms. The quantitative estimate of drug-likeness (QED) is 0.0198. The number of primary amides is 2. The largest absolute Gasteiger partial charge is 0.480 e. The number of carbonyl (C=O) groups excluding carboxylic acids is 12. The van der Waals surface area contributed by atoms with Crippen molar-refractivity contribution in [2.45, 2.75) is 134 Å². The molecule has 4 aromatic carbocycles. The molecular weight excluding hydrogens is 1560 g/mol. The number of nitrogens with one attached hydrogen (secondary N) is 12. The van der Waals surface area contributed by atoms with Crippen LogP contribution < -0.4 is 64.6 Å². The predicted molar refractivity (Wildman–Crippen MR) is 442 cm³/mol. The number of benzene rings is 4. The van der Waals surface area contributed by atoms with E-state index in [1.807, 2.05) is 44.4 Å². The highest BCUT2D eigenvalue weighted by atomic mass is 32.2. The van der Waals surface area contributed by atoms with Gasteiger partial charge in [0.2, 0.25) is 59.1 Å². The molecule has 8 atom stereocenters. The molecule has 19 N–H and O–H groups in total. The lowest BCUT2D eigenvalue weighted by Crippen LogP contribution is -2.64. The number of aromatic amines is 2. The minimum atomic E-state index is -1.96. The van der Waals surface area contributed by atoms with E-state index in [1.165, 1.54) is 43.3 Å². The average molecular weight is 1670 g/mol. The molecule has 2 aromatic heterocycles. The maximum Gasteiger partial charge on any atom is 0.317 e. The third kappa shape index (κ3) is 31.3. The zero-order valence-electron chi connectivity index (χ0n) is 67.7. The fourth-order valence-corrected chi connectivity index (χ4v) is 14.0. The van der Waals surface area contributed by atoms with E-state index in [4.69, 9.17) is 11.5 Å². The third-order valence-electron chi connectivity index (χ3n) is 20.1. The molecule has 38 heteroatoms. The van der Waals surface area contributed by atoms with Gasteiger partial charge in [0.25, 0.3) is 5.91 Å². The van der Waals surface area contributed by atoms with E-state index in [0.29, 0.717) is 45.3 Å². The second-order valence-electron chi connectivity index (χ2n) is 30.4. The highest BCUT2D eigenvalue weighted by Crippen LogP contribution is 2.25. The van der Waals surface area contributed by atoms with Crippen LogP contribution in [-0.4, -0.2) is 291 Å². The summed E-state index contributed by atoms with van der Waals surface area (Å²) in [6, 6.07) is 17.0. The van der Waals surface area contributed by atoms with E-state index in [2.05, 4.69) is 68.1 Å². The summed E-state index contributed by atoms with van der Waals surface area (Å²) in [6.07, 6.45) is 5.81. The Balaban J connectivity index is 1.05. The summed E-state index contributed by atoms with van der Waals surface area (Å²) in [6.45, 7) is 7.65. The normalized spacial score (nSPS) is 15.6.